The Morgan fingerprint density at radius 1 is 1.40 bits per heavy atom. The van der Waals surface area contributed by atoms with Crippen molar-refractivity contribution in [1.29, 1.82) is 5.41 Å². The molecule has 0 spiro atoms. The van der Waals surface area contributed by atoms with Crippen LogP contribution in [0.15, 0.2) is 0 Å². The lowest BCUT2D eigenvalue weighted by atomic mass is 9.96. The predicted octanol–water partition coefficient (Wildman–Crippen LogP) is 1.42. The summed E-state index contributed by atoms with van der Waals surface area (Å²) in [7, 11) is 0. The molecule has 0 radical (unpaired) electrons. The monoisotopic (exact) mass is 140 g/mol. The Morgan fingerprint density at radius 3 is 2.90 bits per heavy atom. The van der Waals surface area contributed by atoms with Gasteiger partial charge >= 0.3 is 0 Å². The van der Waals surface area contributed by atoms with E-state index in [4.69, 9.17) is 5.41 Å². The fraction of sp³-hybridized carbons (Fsp3) is 0.875. The Bertz CT molecular complexity index is 112. The highest BCUT2D eigenvalue weighted by molar-refractivity contribution is 5.81. The smallest absolute Gasteiger partial charge is 0.00896 e. The molecule has 1 heterocycles. The Hall–Kier alpha value is -0.370. The van der Waals surface area contributed by atoms with Crippen molar-refractivity contribution in [3.05, 3.63) is 0 Å². The molecule has 2 nitrogen and oxygen atoms in total. The van der Waals surface area contributed by atoms with Crippen molar-refractivity contribution in [2.75, 3.05) is 13.1 Å². The maximum atomic E-state index is 7.46. The molecule has 2 heteroatoms. The summed E-state index contributed by atoms with van der Waals surface area (Å²) in [6.07, 6.45) is 3.61. The van der Waals surface area contributed by atoms with Gasteiger partial charge in [-0.1, -0.05) is 0 Å². The molecule has 1 atom stereocenters. The lowest BCUT2D eigenvalue weighted by molar-refractivity contribution is 0.604. The van der Waals surface area contributed by atoms with Crippen LogP contribution in [-0.4, -0.2) is 18.8 Å². The van der Waals surface area contributed by atoms with Crippen LogP contribution in [0.5, 0.6) is 0 Å². The quantitative estimate of drug-likeness (QED) is 0.531. The number of hydrogen-bond donors (Lipinski definition) is 2. The largest absolute Gasteiger partial charge is 0.317 e. The molecule has 1 aliphatic rings. The Kier molecular flexibility index (Phi) is 2.87. The van der Waals surface area contributed by atoms with Crippen LogP contribution < -0.4 is 5.32 Å². The summed E-state index contributed by atoms with van der Waals surface area (Å²) in [6.45, 7) is 4.17. The van der Waals surface area contributed by atoms with Gasteiger partial charge in [-0.3, -0.25) is 0 Å². The molecule has 1 unspecified atom stereocenters. The van der Waals surface area contributed by atoms with Crippen LogP contribution in [-0.2, 0) is 0 Å². The van der Waals surface area contributed by atoms with Gasteiger partial charge in [0.15, 0.2) is 0 Å². The van der Waals surface area contributed by atoms with E-state index >= 15 is 0 Å². The molecule has 10 heavy (non-hydrogen) atoms. The average molecular weight is 140 g/mol. The van der Waals surface area contributed by atoms with E-state index in [1.165, 1.54) is 12.8 Å². The van der Waals surface area contributed by atoms with Crippen molar-refractivity contribution in [3.8, 4) is 0 Å². The van der Waals surface area contributed by atoms with Crippen LogP contribution in [0.25, 0.3) is 0 Å². The van der Waals surface area contributed by atoms with E-state index in [0.717, 1.165) is 25.2 Å². The fourth-order valence-corrected chi connectivity index (χ4v) is 1.45. The van der Waals surface area contributed by atoms with Crippen molar-refractivity contribution in [2.45, 2.75) is 26.2 Å². The van der Waals surface area contributed by atoms with Crippen molar-refractivity contribution < 1.29 is 0 Å². The van der Waals surface area contributed by atoms with Gasteiger partial charge in [-0.05, 0) is 45.2 Å². The molecular formula is C8H16N2. The predicted molar refractivity (Wildman–Crippen MR) is 43.6 cm³/mol. The lowest BCUT2D eigenvalue weighted by Crippen LogP contribution is -2.15. The molecule has 0 saturated carbocycles. The second-order valence-corrected chi connectivity index (χ2v) is 3.06. The molecule has 0 aromatic heterocycles. The number of hydrogen-bond acceptors (Lipinski definition) is 2. The highest BCUT2D eigenvalue weighted by Gasteiger charge is 2.12. The number of rotatable bonds is 1. The fourth-order valence-electron chi connectivity index (χ4n) is 1.45. The molecule has 0 aromatic rings. The maximum Gasteiger partial charge on any atom is 0.00896 e. The Morgan fingerprint density at radius 2 is 2.20 bits per heavy atom. The van der Waals surface area contributed by atoms with E-state index in [1.807, 2.05) is 6.92 Å². The molecule has 0 aliphatic carbocycles. The van der Waals surface area contributed by atoms with Gasteiger partial charge in [0.05, 0.1) is 0 Å². The first-order valence-electron chi connectivity index (χ1n) is 4.06. The summed E-state index contributed by atoms with van der Waals surface area (Å²) in [5.74, 6) is 0.565. The summed E-state index contributed by atoms with van der Waals surface area (Å²) in [5, 5.41) is 10.8. The van der Waals surface area contributed by atoms with Gasteiger partial charge in [-0.15, -0.1) is 0 Å². The summed E-state index contributed by atoms with van der Waals surface area (Å²) in [6, 6.07) is 0. The third kappa shape index (κ3) is 2.10. The molecule has 1 rings (SSSR count). The van der Waals surface area contributed by atoms with Crippen LogP contribution in [0.2, 0.25) is 0 Å². The van der Waals surface area contributed by atoms with Crippen LogP contribution in [0.3, 0.4) is 0 Å². The van der Waals surface area contributed by atoms with Crippen LogP contribution in [0.1, 0.15) is 26.2 Å². The van der Waals surface area contributed by atoms with E-state index in [1.54, 1.807) is 0 Å². The first kappa shape index (κ1) is 7.73. The zero-order valence-electron chi connectivity index (χ0n) is 6.61. The molecule has 1 aliphatic heterocycles. The third-order valence-electron chi connectivity index (χ3n) is 2.19. The summed E-state index contributed by atoms with van der Waals surface area (Å²) >= 11 is 0. The van der Waals surface area contributed by atoms with Gasteiger partial charge in [0, 0.05) is 5.71 Å². The van der Waals surface area contributed by atoms with Crippen molar-refractivity contribution in [3.63, 3.8) is 0 Å². The first-order chi connectivity index (χ1) is 4.80. The van der Waals surface area contributed by atoms with Crippen LogP contribution >= 0.6 is 0 Å². The molecule has 0 aromatic carbocycles. The summed E-state index contributed by atoms with van der Waals surface area (Å²) in [5.41, 5.74) is 0.865. The second kappa shape index (κ2) is 3.71. The zero-order valence-corrected chi connectivity index (χ0v) is 6.61. The normalized spacial score (nSPS) is 27.5. The third-order valence-corrected chi connectivity index (χ3v) is 2.19. The Labute approximate surface area is 62.5 Å². The standard InChI is InChI=1S/C8H16N2/c1-7(9)8-3-2-5-10-6-4-8/h8-10H,2-6H2,1H3. The van der Waals surface area contributed by atoms with Gasteiger partial charge < -0.3 is 10.7 Å². The van der Waals surface area contributed by atoms with E-state index in [0.29, 0.717) is 5.92 Å². The van der Waals surface area contributed by atoms with Gasteiger partial charge in [-0.25, -0.2) is 0 Å². The van der Waals surface area contributed by atoms with Gasteiger partial charge in [0.25, 0.3) is 0 Å². The Balaban J connectivity index is 2.35. The molecule has 58 valence electrons. The maximum absolute atomic E-state index is 7.46. The average Bonchev–Trinajstić information content (AvgIpc) is 2.12. The summed E-state index contributed by atoms with van der Waals surface area (Å²) in [4.78, 5) is 0. The minimum absolute atomic E-state index is 0.565. The van der Waals surface area contributed by atoms with Gasteiger partial charge in [0.1, 0.15) is 0 Å². The van der Waals surface area contributed by atoms with E-state index in [9.17, 15) is 0 Å². The van der Waals surface area contributed by atoms with Crippen molar-refractivity contribution in [1.82, 2.24) is 5.32 Å². The SMILES string of the molecule is CC(=N)C1CCCNCC1. The van der Waals surface area contributed by atoms with Crippen LogP contribution in [0, 0.1) is 11.3 Å². The van der Waals surface area contributed by atoms with Gasteiger partial charge in [0.2, 0.25) is 0 Å². The molecular weight excluding hydrogens is 124 g/mol. The van der Waals surface area contributed by atoms with Gasteiger partial charge in [-0.2, -0.15) is 0 Å². The van der Waals surface area contributed by atoms with Crippen molar-refractivity contribution >= 4 is 5.71 Å². The minimum atomic E-state index is 0.565. The highest BCUT2D eigenvalue weighted by Crippen LogP contribution is 2.13. The lowest BCUT2D eigenvalue weighted by Gasteiger charge is -2.10. The van der Waals surface area contributed by atoms with E-state index in [2.05, 4.69) is 5.32 Å². The molecule has 2 N–H and O–H groups in total. The van der Waals surface area contributed by atoms with Crippen molar-refractivity contribution in [2.24, 2.45) is 5.92 Å². The van der Waals surface area contributed by atoms with E-state index < -0.39 is 0 Å². The minimum Gasteiger partial charge on any atom is -0.317 e. The first-order valence-corrected chi connectivity index (χ1v) is 4.06. The second-order valence-electron chi connectivity index (χ2n) is 3.06. The topological polar surface area (TPSA) is 35.9 Å². The molecule has 1 fully saturated rings. The van der Waals surface area contributed by atoms with E-state index in [-0.39, 0.29) is 0 Å². The summed E-state index contributed by atoms with van der Waals surface area (Å²) < 4.78 is 0. The zero-order chi connectivity index (χ0) is 7.40. The molecule has 0 bridgehead atoms. The molecule has 1 saturated heterocycles. The molecule has 0 amide bonds. The highest BCUT2D eigenvalue weighted by atomic mass is 14.8. The van der Waals surface area contributed by atoms with Crippen LogP contribution in [0.4, 0.5) is 0 Å². The number of nitrogens with one attached hydrogen (secondary N) is 2.